The largest absolute Gasteiger partial charge is 0.439 e. The van der Waals surface area contributed by atoms with E-state index in [4.69, 9.17) is 44.6 Å². The number of halogens is 3. The lowest BCUT2D eigenvalue weighted by atomic mass is 10.3. The highest BCUT2D eigenvalue weighted by molar-refractivity contribution is 6.42. The molecule has 0 spiro atoms. The van der Waals surface area contributed by atoms with Crippen molar-refractivity contribution in [2.24, 2.45) is 0 Å². The average molecular weight is 305 g/mol. The Morgan fingerprint density at radius 3 is 2.50 bits per heavy atom. The van der Waals surface area contributed by atoms with Gasteiger partial charge < -0.3 is 9.84 Å². The van der Waals surface area contributed by atoms with E-state index in [1.54, 1.807) is 24.3 Å². The molecule has 0 aliphatic rings. The number of rotatable bonds is 3. The number of ether oxygens (including phenoxy) is 1. The van der Waals surface area contributed by atoms with Crippen molar-refractivity contribution in [2.75, 3.05) is 0 Å². The number of nitrogens with zero attached hydrogens (tertiary/aromatic N) is 1. The predicted octanol–water partition coefficient (Wildman–Crippen LogP) is 4.33. The zero-order chi connectivity index (χ0) is 13.1. The van der Waals surface area contributed by atoms with E-state index >= 15 is 0 Å². The van der Waals surface area contributed by atoms with Gasteiger partial charge in [-0.15, -0.1) is 0 Å². The van der Waals surface area contributed by atoms with Gasteiger partial charge in [0, 0.05) is 23.9 Å². The van der Waals surface area contributed by atoms with Gasteiger partial charge in [0.15, 0.2) is 0 Å². The van der Waals surface area contributed by atoms with Crippen LogP contribution in [0.25, 0.3) is 0 Å². The van der Waals surface area contributed by atoms with Crippen LogP contribution in [0.3, 0.4) is 0 Å². The molecule has 1 aromatic carbocycles. The number of pyridine rings is 1. The second kappa shape index (κ2) is 5.76. The summed E-state index contributed by atoms with van der Waals surface area (Å²) in [6.45, 7) is -0.181. The number of aromatic nitrogens is 1. The van der Waals surface area contributed by atoms with Gasteiger partial charge in [-0.3, -0.25) is 0 Å². The van der Waals surface area contributed by atoms with Crippen LogP contribution in [-0.4, -0.2) is 10.1 Å². The van der Waals surface area contributed by atoms with Crippen molar-refractivity contribution >= 4 is 34.8 Å². The van der Waals surface area contributed by atoms with Gasteiger partial charge in [-0.05, 0) is 12.1 Å². The molecule has 0 amide bonds. The van der Waals surface area contributed by atoms with Gasteiger partial charge in [-0.1, -0.05) is 34.8 Å². The summed E-state index contributed by atoms with van der Waals surface area (Å²) in [6.07, 6.45) is 1.42. The third kappa shape index (κ3) is 3.06. The summed E-state index contributed by atoms with van der Waals surface area (Å²) < 4.78 is 5.49. The van der Waals surface area contributed by atoms with Crippen molar-refractivity contribution in [1.29, 1.82) is 0 Å². The Morgan fingerprint density at radius 2 is 1.83 bits per heavy atom. The normalized spacial score (nSPS) is 10.4. The molecular weight excluding hydrogens is 296 g/mol. The number of hydrogen-bond donors (Lipinski definition) is 1. The maximum Gasteiger partial charge on any atom is 0.219 e. The molecule has 3 nitrogen and oxygen atoms in total. The second-order valence-corrected chi connectivity index (χ2v) is 4.67. The van der Waals surface area contributed by atoms with Gasteiger partial charge in [0.25, 0.3) is 0 Å². The molecule has 0 unspecified atom stereocenters. The Bertz CT molecular complexity index is 575. The predicted molar refractivity (Wildman–Crippen MR) is 71.7 cm³/mol. The number of benzene rings is 1. The monoisotopic (exact) mass is 303 g/mol. The van der Waals surface area contributed by atoms with E-state index < -0.39 is 0 Å². The van der Waals surface area contributed by atoms with Crippen molar-refractivity contribution in [1.82, 2.24) is 4.98 Å². The molecule has 0 bridgehead atoms. The first-order valence-electron chi connectivity index (χ1n) is 4.98. The minimum absolute atomic E-state index is 0.181. The molecule has 1 aromatic heterocycles. The van der Waals surface area contributed by atoms with E-state index in [1.807, 2.05) is 0 Å². The quantitative estimate of drug-likeness (QED) is 0.918. The maximum absolute atomic E-state index is 9.08. The van der Waals surface area contributed by atoms with Crippen molar-refractivity contribution in [2.45, 2.75) is 6.61 Å². The van der Waals surface area contributed by atoms with Gasteiger partial charge in [0.05, 0.1) is 21.7 Å². The second-order valence-electron chi connectivity index (χ2n) is 3.45. The fraction of sp³-hybridized carbons (Fsp3) is 0.0833. The Morgan fingerprint density at radius 1 is 1.06 bits per heavy atom. The maximum atomic E-state index is 9.08. The third-order valence-electron chi connectivity index (χ3n) is 2.19. The summed E-state index contributed by atoms with van der Waals surface area (Å²) in [5, 5.41) is 10.3. The molecule has 94 valence electrons. The van der Waals surface area contributed by atoms with Crippen molar-refractivity contribution in [3.05, 3.63) is 51.1 Å². The van der Waals surface area contributed by atoms with Crippen molar-refractivity contribution < 1.29 is 9.84 Å². The molecule has 0 saturated carbocycles. The molecule has 6 heteroatoms. The zero-order valence-corrected chi connectivity index (χ0v) is 11.3. The molecule has 1 N–H and O–H groups in total. The van der Waals surface area contributed by atoms with Crippen LogP contribution in [0.2, 0.25) is 15.1 Å². The lowest BCUT2D eigenvalue weighted by Crippen LogP contribution is -1.92. The summed E-state index contributed by atoms with van der Waals surface area (Å²) in [6, 6.07) is 6.44. The number of hydrogen-bond acceptors (Lipinski definition) is 3. The van der Waals surface area contributed by atoms with Crippen LogP contribution in [0, 0.1) is 0 Å². The standard InChI is InChI=1S/C12H8Cl3NO2/c13-9-2-1-8(4-10(9)14)18-12-3-7(6-17)11(15)5-16-12/h1-5,17H,6H2. The first kappa shape index (κ1) is 13.4. The molecule has 18 heavy (non-hydrogen) atoms. The number of aliphatic hydroxyl groups is 1. The topological polar surface area (TPSA) is 42.4 Å². The first-order chi connectivity index (χ1) is 8.60. The summed E-state index contributed by atoms with van der Waals surface area (Å²) in [5.41, 5.74) is 0.543. The minimum atomic E-state index is -0.181. The average Bonchev–Trinajstić information content (AvgIpc) is 2.36. The summed E-state index contributed by atoms with van der Waals surface area (Å²) in [5.74, 6) is 0.824. The molecule has 0 aliphatic carbocycles. The highest BCUT2D eigenvalue weighted by atomic mass is 35.5. The highest BCUT2D eigenvalue weighted by Crippen LogP contribution is 2.29. The highest BCUT2D eigenvalue weighted by Gasteiger charge is 2.06. The Hall–Kier alpha value is -1.00. The van der Waals surface area contributed by atoms with E-state index in [0.29, 0.717) is 32.3 Å². The molecule has 0 saturated heterocycles. The van der Waals surface area contributed by atoms with Crippen LogP contribution in [0.1, 0.15) is 5.56 Å². The van der Waals surface area contributed by atoms with Gasteiger partial charge in [-0.25, -0.2) is 4.98 Å². The summed E-state index contributed by atoms with van der Waals surface area (Å²) in [4.78, 5) is 3.99. The smallest absolute Gasteiger partial charge is 0.219 e. The molecule has 0 radical (unpaired) electrons. The lowest BCUT2D eigenvalue weighted by Gasteiger charge is -2.07. The van der Waals surface area contributed by atoms with E-state index in [1.165, 1.54) is 6.20 Å². The van der Waals surface area contributed by atoms with E-state index in [2.05, 4.69) is 4.98 Å². The van der Waals surface area contributed by atoms with Crippen LogP contribution in [0.4, 0.5) is 0 Å². The molecule has 0 aliphatic heterocycles. The third-order valence-corrected chi connectivity index (χ3v) is 3.27. The van der Waals surface area contributed by atoms with Gasteiger partial charge in [0.2, 0.25) is 5.88 Å². The van der Waals surface area contributed by atoms with Crippen molar-refractivity contribution in [3.8, 4) is 11.6 Å². The fourth-order valence-corrected chi connectivity index (χ4v) is 1.75. The van der Waals surface area contributed by atoms with Crippen LogP contribution >= 0.6 is 34.8 Å². The Labute approximate surface area is 119 Å². The van der Waals surface area contributed by atoms with E-state index in [9.17, 15) is 0 Å². The lowest BCUT2D eigenvalue weighted by molar-refractivity contribution is 0.281. The number of aliphatic hydroxyl groups excluding tert-OH is 1. The van der Waals surface area contributed by atoms with E-state index in [0.717, 1.165) is 0 Å². The van der Waals surface area contributed by atoms with Gasteiger partial charge >= 0.3 is 0 Å². The molecule has 2 aromatic rings. The Kier molecular flexibility index (Phi) is 4.30. The van der Waals surface area contributed by atoms with Crippen LogP contribution < -0.4 is 4.74 Å². The first-order valence-corrected chi connectivity index (χ1v) is 6.11. The van der Waals surface area contributed by atoms with Crippen LogP contribution in [0.5, 0.6) is 11.6 Å². The van der Waals surface area contributed by atoms with E-state index in [-0.39, 0.29) is 6.61 Å². The van der Waals surface area contributed by atoms with Crippen LogP contribution in [-0.2, 0) is 6.61 Å². The molecule has 2 rings (SSSR count). The fourth-order valence-electron chi connectivity index (χ4n) is 1.30. The van der Waals surface area contributed by atoms with Crippen LogP contribution in [0.15, 0.2) is 30.5 Å². The molecular formula is C12H8Cl3NO2. The molecule has 1 heterocycles. The Balaban J connectivity index is 2.25. The van der Waals surface area contributed by atoms with Crippen molar-refractivity contribution in [3.63, 3.8) is 0 Å². The summed E-state index contributed by atoms with van der Waals surface area (Å²) in [7, 11) is 0. The minimum Gasteiger partial charge on any atom is -0.439 e. The molecule has 0 fully saturated rings. The summed E-state index contributed by atoms with van der Waals surface area (Å²) >= 11 is 17.5. The molecule has 0 atom stereocenters. The SMILES string of the molecule is OCc1cc(Oc2ccc(Cl)c(Cl)c2)ncc1Cl. The van der Waals surface area contributed by atoms with Gasteiger partial charge in [-0.2, -0.15) is 0 Å². The zero-order valence-electron chi connectivity index (χ0n) is 9.03. The van der Waals surface area contributed by atoms with Gasteiger partial charge in [0.1, 0.15) is 5.75 Å².